The lowest BCUT2D eigenvalue weighted by Gasteiger charge is -2.18. The molecule has 114 valence electrons. The van der Waals surface area contributed by atoms with Gasteiger partial charge in [0, 0.05) is 30.4 Å². The van der Waals surface area contributed by atoms with Gasteiger partial charge in [0.2, 0.25) is 0 Å². The van der Waals surface area contributed by atoms with E-state index in [1.54, 1.807) is 20.3 Å². The molecule has 1 unspecified atom stereocenters. The number of benzene rings is 1. The van der Waals surface area contributed by atoms with E-state index in [0.29, 0.717) is 16.5 Å². The first-order valence-corrected chi connectivity index (χ1v) is 7.17. The molecule has 0 aliphatic rings. The van der Waals surface area contributed by atoms with Crippen LogP contribution in [0.1, 0.15) is 25.5 Å². The molecule has 2 rings (SSSR count). The van der Waals surface area contributed by atoms with E-state index < -0.39 is 0 Å². The summed E-state index contributed by atoms with van der Waals surface area (Å²) in [6, 6.07) is 3.66. The summed E-state index contributed by atoms with van der Waals surface area (Å²) < 4.78 is 12.5. The number of ether oxygens (including phenoxy) is 2. The highest BCUT2D eigenvalue weighted by atomic mass is 35.5. The molecule has 0 amide bonds. The topological polar surface area (TPSA) is 48.3 Å². The number of aromatic nitrogens is 2. The van der Waals surface area contributed by atoms with Crippen molar-refractivity contribution in [3.05, 3.63) is 35.1 Å². The van der Waals surface area contributed by atoms with E-state index in [1.165, 1.54) is 0 Å². The Morgan fingerprint density at radius 1 is 1.29 bits per heavy atom. The predicted molar refractivity (Wildman–Crippen MR) is 84.5 cm³/mol. The van der Waals surface area contributed by atoms with Crippen LogP contribution in [0.3, 0.4) is 0 Å². The number of methoxy groups -OCH3 is 2. The first kappa shape index (κ1) is 15.5. The van der Waals surface area contributed by atoms with Gasteiger partial charge in [-0.1, -0.05) is 11.6 Å². The van der Waals surface area contributed by atoms with E-state index in [4.69, 9.17) is 21.1 Å². The number of hydrogen-bond donors (Lipinski definition) is 1. The highest BCUT2D eigenvalue weighted by molar-refractivity contribution is 6.32. The molecule has 0 spiro atoms. The van der Waals surface area contributed by atoms with Crippen LogP contribution in [0.4, 0.5) is 5.69 Å². The lowest BCUT2D eigenvalue weighted by molar-refractivity contribution is 0.404. The van der Waals surface area contributed by atoms with Crippen LogP contribution in [0.2, 0.25) is 5.02 Å². The predicted octanol–water partition coefficient (Wildman–Crippen LogP) is 3.75. The molecule has 0 fully saturated rings. The molecule has 1 N–H and O–H groups in total. The average molecular weight is 310 g/mol. The third-order valence-corrected chi connectivity index (χ3v) is 3.62. The van der Waals surface area contributed by atoms with Crippen LogP contribution in [-0.2, 0) is 6.54 Å². The Morgan fingerprint density at radius 2 is 2.00 bits per heavy atom. The minimum Gasteiger partial charge on any atom is -0.495 e. The van der Waals surface area contributed by atoms with Gasteiger partial charge in [-0.2, -0.15) is 5.10 Å². The fourth-order valence-electron chi connectivity index (χ4n) is 2.07. The van der Waals surface area contributed by atoms with Gasteiger partial charge in [-0.25, -0.2) is 0 Å². The first-order valence-electron chi connectivity index (χ1n) is 6.79. The largest absolute Gasteiger partial charge is 0.495 e. The lowest BCUT2D eigenvalue weighted by atomic mass is 10.1. The van der Waals surface area contributed by atoms with Crippen molar-refractivity contribution < 1.29 is 9.47 Å². The van der Waals surface area contributed by atoms with Gasteiger partial charge in [-0.15, -0.1) is 0 Å². The fraction of sp³-hybridized carbons (Fsp3) is 0.400. The lowest BCUT2D eigenvalue weighted by Crippen LogP contribution is -2.07. The molecular formula is C15H20ClN3O2. The minimum absolute atomic E-state index is 0.0880. The van der Waals surface area contributed by atoms with Crippen LogP contribution < -0.4 is 14.8 Å². The molecule has 0 radical (unpaired) electrons. The molecule has 1 atom stereocenters. The smallest absolute Gasteiger partial charge is 0.143 e. The summed E-state index contributed by atoms with van der Waals surface area (Å²) in [4.78, 5) is 0. The normalized spacial score (nSPS) is 12.0. The van der Waals surface area contributed by atoms with Crippen LogP contribution in [0.25, 0.3) is 0 Å². The Balaban J connectivity index is 2.25. The Morgan fingerprint density at radius 3 is 2.57 bits per heavy atom. The van der Waals surface area contributed by atoms with Crippen molar-refractivity contribution in [3.8, 4) is 11.5 Å². The maximum atomic E-state index is 6.11. The van der Waals surface area contributed by atoms with Crippen LogP contribution in [-0.4, -0.2) is 24.0 Å². The molecule has 1 aromatic carbocycles. The second-order valence-electron chi connectivity index (χ2n) is 4.68. The quantitative estimate of drug-likeness (QED) is 0.883. The second kappa shape index (κ2) is 6.72. The van der Waals surface area contributed by atoms with Gasteiger partial charge in [0.15, 0.2) is 0 Å². The molecule has 0 aliphatic carbocycles. The molecule has 5 nitrogen and oxygen atoms in total. The van der Waals surface area contributed by atoms with Crippen LogP contribution in [0.15, 0.2) is 24.5 Å². The van der Waals surface area contributed by atoms with Crippen molar-refractivity contribution >= 4 is 17.3 Å². The molecule has 2 aromatic rings. The van der Waals surface area contributed by atoms with Crippen LogP contribution in [0, 0.1) is 0 Å². The molecule has 0 aliphatic heterocycles. The average Bonchev–Trinajstić information content (AvgIpc) is 2.97. The van der Waals surface area contributed by atoms with Crippen molar-refractivity contribution in [3.63, 3.8) is 0 Å². The molecule has 0 saturated carbocycles. The summed E-state index contributed by atoms with van der Waals surface area (Å²) in [5.74, 6) is 1.28. The van der Waals surface area contributed by atoms with E-state index >= 15 is 0 Å². The maximum Gasteiger partial charge on any atom is 0.143 e. The first-order chi connectivity index (χ1) is 10.1. The van der Waals surface area contributed by atoms with Crippen molar-refractivity contribution in [1.82, 2.24) is 9.78 Å². The molecule has 6 heteroatoms. The summed E-state index contributed by atoms with van der Waals surface area (Å²) in [7, 11) is 3.20. The fourth-order valence-corrected chi connectivity index (χ4v) is 2.30. The third kappa shape index (κ3) is 3.42. The molecular weight excluding hydrogens is 290 g/mol. The molecule has 1 aromatic heterocycles. The highest BCUT2D eigenvalue weighted by Gasteiger charge is 2.14. The monoisotopic (exact) mass is 309 g/mol. The van der Waals surface area contributed by atoms with Gasteiger partial charge < -0.3 is 14.8 Å². The Hall–Kier alpha value is -1.88. The van der Waals surface area contributed by atoms with Gasteiger partial charge in [0.05, 0.1) is 37.2 Å². The van der Waals surface area contributed by atoms with Gasteiger partial charge in [-0.05, 0) is 13.8 Å². The molecule has 0 bridgehead atoms. The van der Waals surface area contributed by atoms with Crippen molar-refractivity contribution in [1.29, 1.82) is 0 Å². The number of hydrogen-bond acceptors (Lipinski definition) is 4. The van der Waals surface area contributed by atoms with E-state index in [9.17, 15) is 0 Å². The zero-order valence-electron chi connectivity index (χ0n) is 12.7. The van der Waals surface area contributed by atoms with Gasteiger partial charge in [-0.3, -0.25) is 4.68 Å². The third-order valence-electron chi connectivity index (χ3n) is 3.32. The highest BCUT2D eigenvalue weighted by Crippen LogP contribution is 2.37. The van der Waals surface area contributed by atoms with Crippen molar-refractivity contribution in [2.45, 2.75) is 26.4 Å². The Bertz CT molecular complexity index is 613. The number of halogens is 1. The second-order valence-corrected chi connectivity index (χ2v) is 5.09. The summed E-state index contributed by atoms with van der Waals surface area (Å²) in [6.45, 7) is 4.98. The summed E-state index contributed by atoms with van der Waals surface area (Å²) >= 11 is 6.11. The minimum atomic E-state index is 0.0880. The standard InChI is InChI=1S/C15H20ClN3O2/c1-5-19-9-11(8-17-19)10(2)18-13-7-14(20-3)12(16)6-15(13)21-4/h6-10,18H,5H2,1-4H3. The summed E-state index contributed by atoms with van der Waals surface area (Å²) in [5, 5.41) is 8.21. The molecule has 21 heavy (non-hydrogen) atoms. The SMILES string of the molecule is CCn1cc(C(C)Nc2cc(OC)c(Cl)cc2OC)cn1. The summed E-state index contributed by atoms with van der Waals surface area (Å²) in [6.07, 6.45) is 3.89. The molecule has 1 heterocycles. The number of rotatable bonds is 6. The number of nitrogens with zero attached hydrogens (tertiary/aromatic N) is 2. The molecule has 0 saturated heterocycles. The van der Waals surface area contributed by atoms with E-state index in [0.717, 1.165) is 17.8 Å². The van der Waals surface area contributed by atoms with Crippen LogP contribution in [0.5, 0.6) is 11.5 Å². The van der Waals surface area contributed by atoms with E-state index in [-0.39, 0.29) is 6.04 Å². The van der Waals surface area contributed by atoms with Gasteiger partial charge >= 0.3 is 0 Å². The number of anilines is 1. The van der Waals surface area contributed by atoms with E-state index in [1.807, 2.05) is 23.1 Å². The van der Waals surface area contributed by atoms with Gasteiger partial charge in [0.25, 0.3) is 0 Å². The van der Waals surface area contributed by atoms with Crippen molar-refractivity contribution in [2.75, 3.05) is 19.5 Å². The maximum absolute atomic E-state index is 6.11. The van der Waals surface area contributed by atoms with Gasteiger partial charge in [0.1, 0.15) is 11.5 Å². The van der Waals surface area contributed by atoms with Crippen molar-refractivity contribution in [2.24, 2.45) is 0 Å². The zero-order valence-corrected chi connectivity index (χ0v) is 13.4. The van der Waals surface area contributed by atoms with E-state index in [2.05, 4.69) is 24.3 Å². The number of aryl methyl sites for hydroxylation is 1. The van der Waals surface area contributed by atoms with Crippen LogP contribution >= 0.6 is 11.6 Å². The summed E-state index contributed by atoms with van der Waals surface area (Å²) in [5.41, 5.74) is 1.93. The Labute approximate surface area is 129 Å². The Kier molecular flexibility index (Phi) is 4.96. The zero-order chi connectivity index (χ0) is 15.4. The number of nitrogens with one attached hydrogen (secondary N) is 1.